The molecule has 1 nitrogen and oxygen atoms in total. The van der Waals surface area contributed by atoms with Crippen molar-refractivity contribution in [3.8, 4) is 16.9 Å². The Hall–Kier alpha value is -1.61. The average Bonchev–Trinajstić information content (AvgIpc) is 2.89. The van der Waals surface area contributed by atoms with E-state index in [2.05, 4.69) is 26.2 Å². The van der Waals surface area contributed by atoms with Gasteiger partial charge in [-0.05, 0) is 42.2 Å². The third kappa shape index (κ3) is 4.92. The molecule has 0 heterocycles. The van der Waals surface area contributed by atoms with Crippen LogP contribution in [0.15, 0.2) is 24.3 Å². The number of ether oxygens (including phenoxy) is 1. The van der Waals surface area contributed by atoms with E-state index in [0.717, 1.165) is 19.3 Å². The first-order valence-electron chi connectivity index (χ1n) is 11.1. The Morgan fingerprint density at radius 3 is 2.16 bits per heavy atom. The molecular weight excluding hydrogens is 436 g/mol. The molecule has 2 aromatic rings. The van der Waals surface area contributed by atoms with Gasteiger partial charge in [0.25, 0.3) is 0 Å². The summed E-state index contributed by atoms with van der Waals surface area (Å²) < 4.78 is 64.9. The number of alkyl halides is 2. The number of hydrogen-bond donors (Lipinski definition) is 0. The van der Waals surface area contributed by atoms with Crippen molar-refractivity contribution in [1.29, 1.82) is 0 Å². The summed E-state index contributed by atoms with van der Waals surface area (Å²) in [5.74, 6) is -5.98. The van der Waals surface area contributed by atoms with Crippen molar-refractivity contribution in [1.82, 2.24) is 0 Å². The maximum atomic E-state index is 15.0. The second-order valence-electron chi connectivity index (χ2n) is 9.91. The lowest BCUT2D eigenvalue weighted by molar-refractivity contribution is 0.0397. The quantitative estimate of drug-likeness (QED) is 0.208. The second-order valence-corrected chi connectivity index (χ2v) is 19.2. The van der Waals surface area contributed by atoms with Crippen LogP contribution in [0, 0.1) is 18.6 Å². The maximum absolute atomic E-state index is 15.0. The zero-order chi connectivity index (χ0) is 23.0. The summed E-state index contributed by atoms with van der Waals surface area (Å²) >= 11 is 0. The van der Waals surface area contributed by atoms with Gasteiger partial charge in [-0.15, -0.1) is 0 Å². The van der Waals surface area contributed by atoms with E-state index < -0.39 is 45.6 Å². The number of aryl methyl sites for hydroxylation is 1. The monoisotopic (exact) mass is 468 g/mol. The number of unbranched alkanes of at least 4 members (excludes halogenated alkanes) is 2. The molecule has 2 aromatic carbocycles. The molecule has 31 heavy (non-hydrogen) atoms. The fraction of sp³-hybridized carbons (Fsp3) is 0.500. The van der Waals surface area contributed by atoms with Crippen molar-refractivity contribution in [3.63, 3.8) is 0 Å². The molecule has 0 saturated heterocycles. The van der Waals surface area contributed by atoms with E-state index in [0.29, 0.717) is 0 Å². The van der Waals surface area contributed by atoms with E-state index in [4.69, 9.17) is 4.74 Å². The minimum Gasteiger partial charge on any atom is -0.491 e. The molecule has 0 aliphatic heterocycles. The third-order valence-electron chi connectivity index (χ3n) is 6.08. The minimum atomic E-state index is -3.72. The summed E-state index contributed by atoms with van der Waals surface area (Å²) in [7, 11) is -1.66. The van der Waals surface area contributed by atoms with Gasteiger partial charge in [-0.1, -0.05) is 62.9 Å². The molecule has 7 heteroatoms. The molecule has 3 rings (SSSR count). The molecule has 0 radical (unpaired) electrons. The van der Waals surface area contributed by atoms with E-state index in [1.807, 2.05) is 0 Å². The standard InChI is InChI=1S/C24H32F4OSi2/c1-16-9-10-17-18-11-12-19(23(26)21(18)24(27,28)20(17)22(16)25)29-13-7-6-8-14-31(4,5)15-30(2)3/h9-12,30H,6-8,13-15H2,1-5H3. The van der Waals surface area contributed by atoms with Gasteiger partial charge >= 0.3 is 5.92 Å². The maximum Gasteiger partial charge on any atom is 0.305 e. The fourth-order valence-corrected chi connectivity index (χ4v) is 15.7. The minimum absolute atomic E-state index is 0.0321. The molecule has 0 atom stereocenters. The van der Waals surface area contributed by atoms with Gasteiger partial charge in [-0.2, -0.15) is 8.78 Å². The molecule has 0 saturated carbocycles. The van der Waals surface area contributed by atoms with E-state index >= 15 is 4.39 Å². The van der Waals surface area contributed by atoms with Crippen LogP contribution in [0.25, 0.3) is 11.1 Å². The molecule has 0 unspecified atom stereocenters. The van der Waals surface area contributed by atoms with Gasteiger partial charge in [0.05, 0.1) is 17.7 Å². The molecule has 0 fully saturated rings. The number of benzene rings is 2. The number of fused-ring (bicyclic) bond motifs is 3. The smallest absolute Gasteiger partial charge is 0.305 e. The predicted molar refractivity (Wildman–Crippen MR) is 125 cm³/mol. The van der Waals surface area contributed by atoms with Crippen molar-refractivity contribution in [3.05, 3.63) is 52.6 Å². The lowest BCUT2D eigenvalue weighted by Gasteiger charge is -2.24. The summed E-state index contributed by atoms with van der Waals surface area (Å²) in [6.07, 6.45) is 2.86. The zero-order valence-corrected chi connectivity index (χ0v) is 21.2. The number of halogens is 4. The Morgan fingerprint density at radius 1 is 0.903 bits per heavy atom. The van der Waals surface area contributed by atoms with Gasteiger partial charge in [0.1, 0.15) is 5.82 Å². The summed E-state index contributed by atoms with van der Waals surface area (Å²) in [5.41, 5.74) is 0.116. The van der Waals surface area contributed by atoms with Crippen LogP contribution in [-0.4, -0.2) is 23.5 Å². The van der Waals surface area contributed by atoms with Crippen molar-refractivity contribution in [2.45, 2.75) is 70.0 Å². The Balaban J connectivity index is 1.64. The lowest BCUT2D eigenvalue weighted by atomic mass is 10.0. The van der Waals surface area contributed by atoms with E-state index in [-0.39, 0.29) is 29.0 Å². The summed E-state index contributed by atoms with van der Waals surface area (Å²) in [5, 5.41) is 0. The molecule has 1 aliphatic rings. The Morgan fingerprint density at radius 2 is 1.52 bits per heavy atom. The highest BCUT2D eigenvalue weighted by Gasteiger charge is 2.49. The molecular formula is C24H32F4OSi2. The molecule has 0 N–H and O–H groups in total. The first-order chi connectivity index (χ1) is 14.5. The average molecular weight is 469 g/mol. The van der Waals surface area contributed by atoms with Crippen molar-refractivity contribution in [2.75, 3.05) is 6.61 Å². The predicted octanol–water partition coefficient (Wildman–Crippen LogP) is 7.68. The highest BCUT2D eigenvalue weighted by atomic mass is 28.4. The summed E-state index contributed by atoms with van der Waals surface area (Å²) in [4.78, 5) is 0. The van der Waals surface area contributed by atoms with Crippen LogP contribution in [0.5, 0.6) is 5.75 Å². The SMILES string of the molecule is Cc1ccc2c(c1F)C(F)(F)c1c-2ccc(OCCCCC[Si](C)(C)C[SiH](C)C)c1F. The molecule has 1 aliphatic carbocycles. The molecule has 0 aromatic heterocycles. The van der Waals surface area contributed by atoms with Crippen molar-refractivity contribution < 1.29 is 22.3 Å². The van der Waals surface area contributed by atoms with Crippen molar-refractivity contribution in [2.24, 2.45) is 0 Å². The normalized spacial score (nSPS) is 14.6. The topological polar surface area (TPSA) is 9.23 Å². The fourth-order valence-electron chi connectivity index (χ4n) is 4.81. The van der Waals surface area contributed by atoms with Crippen molar-refractivity contribution >= 4 is 16.9 Å². The first kappa shape index (κ1) is 24.0. The summed E-state index contributed by atoms with van der Waals surface area (Å²) in [6, 6.07) is 6.93. The Labute approximate surface area is 185 Å². The second kappa shape index (κ2) is 9.10. The van der Waals surface area contributed by atoms with Gasteiger partial charge in [0.15, 0.2) is 11.6 Å². The largest absolute Gasteiger partial charge is 0.491 e. The van der Waals surface area contributed by atoms with Crippen LogP contribution in [0.3, 0.4) is 0 Å². The lowest BCUT2D eigenvalue weighted by Crippen LogP contribution is -2.30. The Bertz CT molecular complexity index is 957. The van der Waals surface area contributed by atoms with Crippen LogP contribution >= 0.6 is 0 Å². The molecule has 0 amide bonds. The van der Waals surface area contributed by atoms with Gasteiger partial charge < -0.3 is 4.74 Å². The van der Waals surface area contributed by atoms with Crippen LogP contribution in [0.1, 0.15) is 36.0 Å². The van der Waals surface area contributed by atoms with Crippen LogP contribution in [0.2, 0.25) is 37.9 Å². The van der Waals surface area contributed by atoms with E-state index in [1.54, 1.807) is 0 Å². The molecule has 170 valence electrons. The van der Waals surface area contributed by atoms with E-state index in [1.165, 1.54) is 42.9 Å². The number of hydrogen-bond acceptors (Lipinski definition) is 1. The van der Waals surface area contributed by atoms with Gasteiger partial charge in [-0.25, -0.2) is 8.78 Å². The third-order valence-corrected chi connectivity index (χ3v) is 15.5. The zero-order valence-electron chi connectivity index (χ0n) is 19.0. The highest BCUT2D eigenvalue weighted by Crippen LogP contribution is 2.54. The number of rotatable bonds is 9. The van der Waals surface area contributed by atoms with Gasteiger partial charge in [0.2, 0.25) is 0 Å². The highest BCUT2D eigenvalue weighted by molar-refractivity contribution is 6.87. The van der Waals surface area contributed by atoms with Gasteiger partial charge in [0, 0.05) is 16.9 Å². The van der Waals surface area contributed by atoms with Crippen LogP contribution in [-0.2, 0) is 5.92 Å². The van der Waals surface area contributed by atoms with Crippen LogP contribution < -0.4 is 4.74 Å². The molecule has 0 bridgehead atoms. The van der Waals surface area contributed by atoms with E-state index in [9.17, 15) is 13.2 Å². The molecule has 0 spiro atoms. The first-order valence-corrected chi connectivity index (χ1v) is 17.6. The van der Waals surface area contributed by atoms with Crippen LogP contribution in [0.4, 0.5) is 17.6 Å². The summed E-state index contributed by atoms with van der Waals surface area (Å²) in [6.45, 7) is 11.4. The van der Waals surface area contributed by atoms with Gasteiger partial charge in [-0.3, -0.25) is 0 Å². The Kier molecular flexibility index (Phi) is 7.06.